The molecule has 1 fully saturated rings. The second kappa shape index (κ2) is 6.43. The molecule has 0 aromatic rings. The third kappa shape index (κ3) is 4.49. The van der Waals surface area contributed by atoms with Crippen LogP contribution in [0.5, 0.6) is 0 Å². The normalized spacial score (nSPS) is 22.9. The number of thioether (sulfide) groups is 1. The lowest BCUT2D eigenvalue weighted by molar-refractivity contribution is -0.119. The number of hydrogen-bond acceptors (Lipinski definition) is 4. The van der Waals surface area contributed by atoms with Crippen molar-refractivity contribution in [1.29, 1.82) is 0 Å². The lowest BCUT2D eigenvalue weighted by atomic mass is 9.88. The SMILES string of the molecule is CCN1CC(NC(=O)CSCC(N)=O)C(C)(C)C1. The van der Waals surface area contributed by atoms with Crippen molar-refractivity contribution >= 4 is 23.6 Å². The van der Waals surface area contributed by atoms with Crippen LogP contribution in [-0.2, 0) is 9.59 Å². The van der Waals surface area contributed by atoms with Gasteiger partial charge in [-0.1, -0.05) is 20.8 Å². The van der Waals surface area contributed by atoms with Gasteiger partial charge in [0.05, 0.1) is 11.5 Å². The zero-order chi connectivity index (χ0) is 13.8. The Morgan fingerprint density at radius 3 is 2.61 bits per heavy atom. The van der Waals surface area contributed by atoms with Crippen LogP contribution in [0.3, 0.4) is 0 Å². The van der Waals surface area contributed by atoms with Crippen LogP contribution in [-0.4, -0.2) is 53.9 Å². The largest absolute Gasteiger partial charge is 0.369 e. The van der Waals surface area contributed by atoms with Crippen LogP contribution in [0.15, 0.2) is 0 Å². The number of carbonyl (C=O) groups excluding carboxylic acids is 2. The fraction of sp³-hybridized carbons (Fsp3) is 0.833. The van der Waals surface area contributed by atoms with Crippen molar-refractivity contribution in [2.75, 3.05) is 31.1 Å². The molecule has 1 rings (SSSR count). The first-order valence-electron chi connectivity index (χ1n) is 6.23. The van der Waals surface area contributed by atoms with Crippen molar-refractivity contribution in [3.05, 3.63) is 0 Å². The van der Waals surface area contributed by atoms with Crippen LogP contribution in [0.1, 0.15) is 20.8 Å². The van der Waals surface area contributed by atoms with Crippen LogP contribution < -0.4 is 11.1 Å². The van der Waals surface area contributed by atoms with E-state index in [1.807, 2.05) is 0 Å². The number of rotatable bonds is 6. The molecule has 0 aliphatic carbocycles. The van der Waals surface area contributed by atoms with Gasteiger partial charge in [-0.15, -0.1) is 11.8 Å². The van der Waals surface area contributed by atoms with Crippen LogP contribution in [0, 0.1) is 5.41 Å². The maximum Gasteiger partial charge on any atom is 0.230 e. The fourth-order valence-electron chi connectivity index (χ4n) is 2.22. The third-order valence-electron chi connectivity index (χ3n) is 3.28. The van der Waals surface area contributed by atoms with Crippen molar-refractivity contribution in [2.24, 2.45) is 11.1 Å². The first kappa shape index (κ1) is 15.3. The number of nitrogens with two attached hydrogens (primary N) is 1. The number of nitrogens with one attached hydrogen (secondary N) is 1. The maximum atomic E-state index is 11.8. The van der Waals surface area contributed by atoms with Gasteiger partial charge in [0.15, 0.2) is 0 Å². The number of hydrogen-bond donors (Lipinski definition) is 2. The highest BCUT2D eigenvalue weighted by atomic mass is 32.2. The van der Waals surface area contributed by atoms with Crippen molar-refractivity contribution in [3.63, 3.8) is 0 Å². The molecule has 5 nitrogen and oxygen atoms in total. The van der Waals surface area contributed by atoms with E-state index in [9.17, 15) is 9.59 Å². The molecule has 0 radical (unpaired) electrons. The molecular weight excluding hydrogens is 250 g/mol. The average molecular weight is 273 g/mol. The Bertz CT molecular complexity index is 320. The van der Waals surface area contributed by atoms with Gasteiger partial charge in [0.1, 0.15) is 0 Å². The second-order valence-corrected chi connectivity index (χ2v) is 6.38. The smallest absolute Gasteiger partial charge is 0.230 e. The van der Waals surface area contributed by atoms with E-state index in [0.717, 1.165) is 19.6 Å². The van der Waals surface area contributed by atoms with Gasteiger partial charge >= 0.3 is 0 Å². The lowest BCUT2D eigenvalue weighted by Crippen LogP contribution is -2.45. The van der Waals surface area contributed by atoms with Crippen molar-refractivity contribution < 1.29 is 9.59 Å². The van der Waals surface area contributed by atoms with Crippen molar-refractivity contribution in [2.45, 2.75) is 26.8 Å². The number of carbonyl (C=O) groups is 2. The first-order chi connectivity index (χ1) is 8.35. The van der Waals surface area contributed by atoms with Crippen LogP contribution >= 0.6 is 11.8 Å². The zero-order valence-corrected chi connectivity index (χ0v) is 12.2. The number of amides is 2. The topological polar surface area (TPSA) is 75.4 Å². The summed E-state index contributed by atoms with van der Waals surface area (Å²) in [6.45, 7) is 9.38. The van der Waals surface area contributed by atoms with E-state index in [2.05, 4.69) is 31.0 Å². The Balaban J connectivity index is 2.37. The molecule has 2 amide bonds. The molecule has 0 aromatic heterocycles. The number of likely N-dealkylation sites (N-methyl/N-ethyl adjacent to an activating group) is 1. The van der Waals surface area contributed by atoms with Crippen LogP contribution in [0.4, 0.5) is 0 Å². The summed E-state index contributed by atoms with van der Waals surface area (Å²) in [5, 5.41) is 3.05. The number of primary amides is 1. The highest BCUT2D eigenvalue weighted by molar-refractivity contribution is 8.00. The zero-order valence-electron chi connectivity index (χ0n) is 11.4. The molecule has 1 aliphatic heterocycles. The molecule has 1 saturated heterocycles. The van der Waals surface area contributed by atoms with Gasteiger partial charge in [-0.05, 0) is 12.0 Å². The van der Waals surface area contributed by atoms with Crippen molar-refractivity contribution in [1.82, 2.24) is 10.2 Å². The minimum absolute atomic E-state index is 0.0164. The predicted molar refractivity (Wildman–Crippen MR) is 74.3 cm³/mol. The van der Waals surface area contributed by atoms with E-state index >= 15 is 0 Å². The Labute approximate surface area is 113 Å². The summed E-state index contributed by atoms with van der Waals surface area (Å²) in [6.07, 6.45) is 0. The first-order valence-corrected chi connectivity index (χ1v) is 7.38. The lowest BCUT2D eigenvalue weighted by Gasteiger charge is -2.26. The van der Waals surface area contributed by atoms with Crippen molar-refractivity contribution in [3.8, 4) is 0 Å². The summed E-state index contributed by atoms with van der Waals surface area (Å²) in [7, 11) is 0. The van der Waals surface area contributed by atoms with Gasteiger partial charge in [-0.25, -0.2) is 0 Å². The molecule has 0 bridgehead atoms. The Kier molecular flexibility index (Phi) is 5.47. The molecule has 104 valence electrons. The highest BCUT2D eigenvalue weighted by Gasteiger charge is 2.39. The van der Waals surface area contributed by atoms with Gasteiger partial charge < -0.3 is 16.0 Å². The van der Waals surface area contributed by atoms with E-state index in [0.29, 0.717) is 5.75 Å². The van der Waals surface area contributed by atoms with Gasteiger partial charge in [0, 0.05) is 19.1 Å². The molecule has 0 saturated carbocycles. The molecule has 1 aliphatic rings. The van der Waals surface area contributed by atoms with Crippen LogP contribution in [0.2, 0.25) is 0 Å². The highest BCUT2D eigenvalue weighted by Crippen LogP contribution is 2.29. The van der Waals surface area contributed by atoms with Gasteiger partial charge in [-0.3, -0.25) is 9.59 Å². The predicted octanol–water partition coefficient (Wildman–Crippen LogP) is 0.0514. The molecular formula is C12H23N3O2S. The maximum absolute atomic E-state index is 11.8. The van der Waals surface area contributed by atoms with Gasteiger partial charge in [0.25, 0.3) is 0 Å². The van der Waals surface area contributed by atoms with Gasteiger partial charge in [0.2, 0.25) is 11.8 Å². The molecule has 6 heteroatoms. The van der Waals surface area contributed by atoms with E-state index in [1.54, 1.807) is 0 Å². The third-order valence-corrected chi connectivity index (χ3v) is 4.23. The molecule has 1 unspecified atom stereocenters. The Morgan fingerprint density at radius 2 is 2.11 bits per heavy atom. The molecule has 18 heavy (non-hydrogen) atoms. The second-order valence-electron chi connectivity index (χ2n) is 5.40. The quantitative estimate of drug-likeness (QED) is 0.717. The summed E-state index contributed by atoms with van der Waals surface area (Å²) < 4.78 is 0. The molecule has 1 heterocycles. The summed E-state index contributed by atoms with van der Waals surface area (Å²) in [5.74, 6) is 0.0907. The van der Waals surface area contributed by atoms with E-state index in [-0.39, 0.29) is 29.0 Å². The Morgan fingerprint density at radius 1 is 1.44 bits per heavy atom. The van der Waals surface area contributed by atoms with E-state index in [1.165, 1.54) is 11.8 Å². The monoisotopic (exact) mass is 273 g/mol. The molecule has 0 spiro atoms. The number of likely N-dealkylation sites (tertiary alicyclic amines) is 1. The number of nitrogens with zero attached hydrogens (tertiary/aromatic N) is 1. The van der Waals surface area contributed by atoms with E-state index < -0.39 is 0 Å². The standard InChI is InChI=1S/C12H23N3O2S/c1-4-15-5-9(12(2,3)8-15)14-11(17)7-18-6-10(13)16/h9H,4-8H2,1-3H3,(H2,13,16)(H,14,17). The van der Waals surface area contributed by atoms with Crippen LogP contribution in [0.25, 0.3) is 0 Å². The molecule has 0 aromatic carbocycles. The van der Waals surface area contributed by atoms with Gasteiger partial charge in [-0.2, -0.15) is 0 Å². The van der Waals surface area contributed by atoms with E-state index in [4.69, 9.17) is 5.73 Å². The minimum Gasteiger partial charge on any atom is -0.369 e. The average Bonchev–Trinajstić information content (AvgIpc) is 2.53. The Hall–Kier alpha value is -0.750. The molecule has 1 atom stereocenters. The molecule has 3 N–H and O–H groups in total. The summed E-state index contributed by atoms with van der Waals surface area (Å²) in [4.78, 5) is 24.7. The summed E-state index contributed by atoms with van der Waals surface area (Å²) in [5.41, 5.74) is 5.12. The summed E-state index contributed by atoms with van der Waals surface area (Å²) >= 11 is 1.26. The minimum atomic E-state index is -0.383. The summed E-state index contributed by atoms with van der Waals surface area (Å²) in [6, 6.07) is 0.180. The fourth-order valence-corrected chi connectivity index (χ4v) is 2.79.